The Kier molecular flexibility index (Phi) is 3.72. The summed E-state index contributed by atoms with van der Waals surface area (Å²) in [5.41, 5.74) is 1.44. The molecule has 0 bridgehead atoms. The maximum Gasteiger partial charge on any atom is 0.228 e. The van der Waals surface area contributed by atoms with E-state index in [-0.39, 0.29) is 5.92 Å². The molecule has 3 aromatic rings. The van der Waals surface area contributed by atoms with Gasteiger partial charge >= 0.3 is 0 Å². The molecule has 0 saturated heterocycles. The quantitative estimate of drug-likeness (QED) is 0.773. The molecule has 0 amide bonds. The molecule has 0 fully saturated rings. The summed E-state index contributed by atoms with van der Waals surface area (Å²) >= 11 is 1.80. The molecule has 3 heterocycles. The molecule has 0 unspecified atom stereocenters. The molecule has 0 spiro atoms. The summed E-state index contributed by atoms with van der Waals surface area (Å²) < 4.78 is 5.28. The Morgan fingerprint density at radius 3 is 3.04 bits per heavy atom. The molecular formula is C16H19N5OS. The van der Waals surface area contributed by atoms with E-state index in [2.05, 4.69) is 39.3 Å². The normalized spacial score (nSPS) is 13.9. The van der Waals surface area contributed by atoms with Gasteiger partial charge in [0.15, 0.2) is 5.82 Å². The molecule has 7 heteroatoms. The zero-order valence-corrected chi connectivity index (χ0v) is 14.1. The van der Waals surface area contributed by atoms with Gasteiger partial charge in [0.1, 0.15) is 17.0 Å². The topological polar surface area (TPSA) is 76.7 Å². The van der Waals surface area contributed by atoms with Crippen LogP contribution in [0.5, 0.6) is 0 Å². The third-order valence-electron chi connectivity index (χ3n) is 4.13. The molecule has 0 atom stereocenters. The fraction of sp³-hybridized carbons (Fsp3) is 0.500. The molecule has 4 rings (SSSR count). The Hall–Kier alpha value is -2.02. The largest absolute Gasteiger partial charge is 0.369 e. The lowest BCUT2D eigenvalue weighted by atomic mass is 10.2. The van der Waals surface area contributed by atoms with Crippen molar-refractivity contribution in [3.8, 4) is 0 Å². The summed E-state index contributed by atoms with van der Waals surface area (Å²) in [4.78, 5) is 15.8. The molecule has 23 heavy (non-hydrogen) atoms. The first-order valence-corrected chi connectivity index (χ1v) is 8.85. The summed E-state index contributed by atoms with van der Waals surface area (Å²) in [6.45, 7) is 4.83. The number of aromatic nitrogens is 4. The van der Waals surface area contributed by atoms with Gasteiger partial charge in [-0.15, -0.1) is 11.3 Å². The number of aryl methyl sites for hydroxylation is 2. The number of nitrogens with one attached hydrogen (secondary N) is 1. The van der Waals surface area contributed by atoms with Gasteiger partial charge < -0.3 is 9.84 Å². The predicted octanol–water partition coefficient (Wildman–Crippen LogP) is 3.34. The highest BCUT2D eigenvalue weighted by Gasteiger charge is 2.21. The van der Waals surface area contributed by atoms with Crippen LogP contribution in [-0.4, -0.2) is 26.7 Å². The summed E-state index contributed by atoms with van der Waals surface area (Å²) in [6, 6.07) is 0. The van der Waals surface area contributed by atoms with Crippen molar-refractivity contribution in [1.29, 1.82) is 0 Å². The highest BCUT2D eigenvalue weighted by Crippen LogP contribution is 2.38. The first kappa shape index (κ1) is 14.6. The van der Waals surface area contributed by atoms with Crippen molar-refractivity contribution in [3.05, 3.63) is 28.5 Å². The second kappa shape index (κ2) is 5.88. The second-order valence-corrected chi connectivity index (χ2v) is 7.22. The fourth-order valence-electron chi connectivity index (χ4n) is 2.95. The van der Waals surface area contributed by atoms with Crippen molar-refractivity contribution in [2.75, 3.05) is 11.9 Å². The van der Waals surface area contributed by atoms with Crippen LogP contribution in [0, 0.1) is 0 Å². The molecule has 6 nitrogen and oxygen atoms in total. The first-order chi connectivity index (χ1) is 11.2. The molecule has 3 aromatic heterocycles. The number of hydrogen-bond donors (Lipinski definition) is 1. The monoisotopic (exact) mass is 329 g/mol. The van der Waals surface area contributed by atoms with E-state index < -0.39 is 0 Å². The van der Waals surface area contributed by atoms with Crippen molar-refractivity contribution in [2.24, 2.45) is 0 Å². The molecule has 1 aliphatic rings. The van der Waals surface area contributed by atoms with Crippen molar-refractivity contribution in [2.45, 2.75) is 45.4 Å². The minimum absolute atomic E-state index is 0.287. The molecule has 1 N–H and O–H groups in total. The van der Waals surface area contributed by atoms with Crippen molar-refractivity contribution in [1.82, 2.24) is 20.1 Å². The van der Waals surface area contributed by atoms with Crippen LogP contribution < -0.4 is 5.32 Å². The summed E-state index contributed by atoms with van der Waals surface area (Å²) in [5.74, 6) is 2.65. The van der Waals surface area contributed by atoms with E-state index in [4.69, 9.17) is 4.52 Å². The average Bonchev–Trinajstić information content (AvgIpc) is 3.21. The fourth-order valence-corrected chi connectivity index (χ4v) is 4.18. The summed E-state index contributed by atoms with van der Waals surface area (Å²) in [5, 5.41) is 8.62. The number of thiophene rings is 1. The Balaban J connectivity index is 1.49. The summed E-state index contributed by atoms with van der Waals surface area (Å²) in [6.07, 6.45) is 5.89. The smallest absolute Gasteiger partial charge is 0.228 e. The van der Waals surface area contributed by atoms with Crippen molar-refractivity contribution in [3.63, 3.8) is 0 Å². The van der Waals surface area contributed by atoms with E-state index >= 15 is 0 Å². The van der Waals surface area contributed by atoms with E-state index in [1.807, 2.05) is 0 Å². The van der Waals surface area contributed by atoms with Crippen LogP contribution in [-0.2, 0) is 19.3 Å². The zero-order valence-electron chi connectivity index (χ0n) is 13.3. The molecule has 0 aromatic carbocycles. The van der Waals surface area contributed by atoms with Crippen molar-refractivity contribution < 1.29 is 4.52 Å². The Bertz CT molecular complexity index is 838. The van der Waals surface area contributed by atoms with Gasteiger partial charge in [-0.1, -0.05) is 19.0 Å². The van der Waals surface area contributed by atoms with E-state index in [9.17, 15) is 0 Å². The van der Waals surface area contributed by atoms with E-state index in [1.165, 1.54) is 28.7 Å². The number of anilines is 1. The lowest BCUT2D eigenvalue weighted by molar-refractivity contribution is 0.373. The van der Waals surface area contributed by atoms with Crippen LogP contribution in [0.3, 0.4) is 0 Å². The number of nitrogens with zero attached hydrogens (tertiary/aromatic N) is 4. The second-order valence-electron chi connectivity index (χ2n) is 6.14. The number of rotatable bonds is 5. The van der Waals surface area contributed by atoms with Crippen LogP contribution in [0.15, 0.2) is 10.9 Å². The molecule has 1 aliphatic carbocycles. The predicted molar refractivity (Wildman–Crippen MR) is 90.0 cm³/mol. The van der Waals surface area contributed by atoms with Gasteiger partial charge in [-0.25, -0.2) is 9.97 Å². The van der Waals surface area contributed by atoms with Gasteiger partial charge in [0, 0.05) is 23.8 Å². The van der Waals surface area contributed by atoms with Crippen LogP contribution in [0.4, 0.5) is 5.82 Å². The Morgan fingerprint density at radius 1 is 1.30 bits per heavy atom. The number of fused-ring (bicyclic) bond motifs is 3. The maximum absolute atomic E-state index is 5.28. The van der Waals surface area contributed by atoms with Gasteiger partial charge in [0.25, 0.3) is 0 Å². The number of hydrogen-bond acceptors (Lipinski definition) is 7. The van der Waals surface area contributed by atoms with Crippen LogP contribution >= 0.6 is 11.3 Å². The molecule has 0 radical (unpaired) electrons. The SMILES string of the molecule is CC(C)c1noc(CCNc2ncnc3sc4c(c23)CCC4)n1. The standard InChI is InChI=1S/C16H19N5OS/c1-9(2)14-20-12(22-21-14)6-7-17-15-13-10-4-3-5-11(10)23-16(13)19-8-18-15/h8-9H,3-7H2,1-2H3,(H,17,18,19). The molecular weight excluding hydrogens is 310 g/mol. The van der Waals surface area contributed by atoms with Gasteiger partial charge in [-0.05, 0) is 24.8 Å². The van der Waals surface area contributed by atoms with Crippen LogP contribution in [0.25, 0.3) is 10.2 Å². The van der Waals surface area contributed by atoms with E-state index in [0.717, 1.165) is 29.4 Å². The van der Waals surface area contributed by atoms with Gasteiger partial charge in [0.2, 0.25) is 5.89 Å². The third kappa shape index (κ3) is 2.69. The minimum Gasteiger partial charge on any atom is -0.369 e. The van der Waals surface area contributed by atoms with Gasteiger partial charge in [-0.3, -0.25) is 0 Å². The first-order valence-electron chi connectivity index (χ1n) is 8.04. The van der Waals surface area contributed by atoms with E-state index in [1.54, 1.807) is 17.7 Å². The molecule has 0 aliphatic heterocycles. The van der Waals surface area contributed by atoms with Crippen LogP contribution in [0.2, 0.25) is 0 Å². The lowest BCUT2D eigenvalue weighted by Crippen LogP contribution is -2.07. The highest BCUT2D eigenvalue weighted by atomic mass is 32.1. The minimum atomic E-state index is 0.287. The van der Waals surface area contributed by atoms with Gasteiger partial charge in [0.05, 0.1) is 5.39 Å². The highest BCUT2D eigenvalue weighted by molar-refractivity contribution is 7.19. The lowest BCUT2D eigenvalue weighted by Gasteiger charge is -2.06. The molecule has 120 valence electrons. The summed E-state index contributed by atoms with van der Waals surface area (Å²) in [7, 11) is 0. The Morgan fingerprint density at radius 2 is 2.22 bits per heavy atom. The zero-order chi connectivity index (χ0) is 15.8. The maximum atomic E-state index is 5.28. The van der Waals surface area contributed by atoms with Gasteiger partial charge in [-0.2, -0.15) is 4.98 Å². The molecule has 0 saturated carbocycles. The Labute approximate surface area is 138 Å². The van der Waals surface area contributed by atoms with E-state index in [0.29, 0.717) is 12.3 Å². The van der Waals surface area contributed by atoms with Crippen molar-refractivity contribution >= 4 is 27.4 Å². The average molecular weight is 329 g/mol. The third-order valence-corrected chi connectivity index (χ3v) is 5.33. The van der Waals surface area contributed by atoms with Crippen LogP contribution in [0.1, 0.15) is 48.3 Å².